The number of nitrogens with zero attached hydrogens (tertiary/aromatic N) is 2. The molecule has 0 radical (unpaired) electrons. The topological polar surface area (TPSA) is 57.4 Å². The standard InChI is InChI=1S/C17H12F5N3OS/c1-9-4-3-5-13(14(9)25-16(27-2)24-8-23)26-15-11(18)6-10(7-12(15)19)17(20,21)22/h3-7H,1-2H3,(H,24,25). The lowest BCUT2D eigenvalue weighted by Crippen LogP contribution is -2.12. The van der Waals surface area contributed by atoms with E-state index >= 15 is 0 Å². The minimum absolute atomic E-state index is 0.0844. The summed E-state index contributed by atoms with van der Waals surface area (Å²) in [7, 11) is 0. The van der Waals surface area contributed by atoms with Gasteiger partial charge in [0, 0.05) is 0 Å². The Kier molecular flexibility index (Phi) is 6.28. The first-order chi connectivity index (χ1) is 12.7. The fraction of sp³-hybridized carbons (Fsp3) is 0.176. The first-order valence-electron chi connectivity index (χ1n) is 7.29. The molecule has 1 N–H and O–H groups in total. The lowest BCUT2D eigenvalue weighted by atomic mass is 10.1. The van der Waals surface area contributed by atoms with Crippen LogP contribution in [0.1, 0.15) is 11.1 Å². The van der Waals surface area contributed by atoms with Crippen LogP contribution >= 0.6 is 11.8 Å². The number of para-hydroxylation sites is 1. The molecule has 142 valence electrons. The number of halogens is 5. The van der Waals surface area contributed by atoms with E-state index in [0.29, 0.717) is 5.56 Å². The number of rotatable bonds is 3. The number of nitriles is 1. The molecule has 0 saturated heterocycles. The molecule has 0 saturated carbocycles. The van der Waals surface area contributed by atoms with Gasteiger partial charge in [0.15, 0.2) is 34.5 Å². The van der Waals surface area contributed by atoms with Crippen molar-refractivity contribution in [3.05, 3.63) is 53.1 Å². The number of amidine groups is 1. The summed E-state index contributed by atoms with van der Waals surface area (Å²) in [6, 6.07) is 4.84. The van der Waals surface area contributed by atoms with E-state index in [9.17, 15) is 22.0 Å². The van der Waals surface area contributed by atoms with Crippen LogP contribution in [0.5, 0.6) is 11.5 Å². The molecule has 2 aromatic rings. The van der Waals surface area contributed by atoms with Crippen LogP contribution in [0, 0.1) is 30.0 Å². The molecule has 0 bridgehead atoms. The van der Waals surface area contributed by atoms with E-state index in [2.05, 4.69) is 10.3 Å². The van der Waals surface area contributed by atoms with Gasteiger partial charge >= 0.3 is 6.18 Å². The molecular formula is C17H12F5N3OS. The third kappa shape index (κ3) is 4.89. The first-order valence-corrected chi connectivity index (χ1v) is 8.51. The zero-order valence-corrected chi connectivity index (χ0v) is 14.8. The summed E-state index contributed by atoms with van der Waals surface area (Å²) in [4.78, 5) is 4.17. The van der Waals surface area contributed by atoms with Gasteiger partial charge in [0.05, 0.1) is 5.56 Å². The highest BCUT2D eigenvalue weighted by molar-refractivity contribution is 8.13. The van der Waals surface area contributed by atoms with E-state index < -0.39 is 29.1 Å². The molecule has 10 heteroatoms. The number of hydrogen-bond acceptors (Lipinski definition) is 4. The summed E-state index contributed by atoms with van der Waals surface area (Å²) in [5.74, 6) is -4.07. The SMILES string of the molecule is CSC(=Nc1c(C)cccc1Oc1c(F)cc(C(F)(F)F)cc1F)NC#N. The van der Waals surface area contributed by atoms with Crippen LogP contribution in [0.25, 0.3) is 0 Å². The Balaban J connectivity index is 2.51. The number of aliphatic imine (C=N–C) groups is 1. The number of nitrogens with one attached hydrogen (secondary N) is 1. The fourth-order valence-corrected chi connectivity index (χ4v) is 2.39. The third-order valence-electron chi connectivity index (χ3n) is 3.31. The van der Waals surface area contributed by atoms with Crippen molar-refractivity contribution >= 4 is 22.6 Å². The van der Waals surface area contributed by atoms with Crippen LogP contribution in [0.2, 0.25) is 0 Å². The van der Waals surface area contributed by atoms with Crippen LogP contribution in [-0.4, -0.2) is 11.4 Å². The van der Waals surface area contributed by atoms with E-state index in [1.165, 1.54) is 12.1 Å². The van der Waals surface area contributed by atoms with Gasteiger partial charge < -0.3 is 4.74 Å². The Morgan fingerprint density at radius 3 is 2.37 bits per heavy atom. The summed E-state index contributed by atoms with van der Waals surface area (Å²) in [5, 5.41) is 11.2. The number of thioether (sulfide) groups is 1. The number of alkyl halides is 3. The summed E-state index contributed by atoms with van der Waals surface area (Å²) in [6.45, 7) is 1.65. The number of ether oxygens (including phenoxy) is 1. The Bertz CT molecular complexity index is 899. The average molecular weight is 401 g/mol. The molecular weight excluding hydrogens is 389 g/mol. The summed E-state index contributed by atoms with van der Waals surface area (Å²) in [6.07, 6.45) is -1.55. The van der Waals surface area contributed by atoms with E-state index in [1.54, 1.807) is 25.4 Å². The lowest BCUT2D eigenvalue weighted by molar-refractivity contribution is -0.138. The molecule has 2 aromatic carbocycles. The highest BCUT2D eigenvalue weighted by atomic mass is 32.2. The minimum Gasteiger partial charge on any atom is -0.449 e. The molecule has 27 heavy (non-hydrogen) atoms. The van der Waals surface area contributed by atoms with Crippen molar-refractivity contribution in [3.63, 3.8) is 0 Å². The van der Waals surface area contributed by atoms with Gasteiger partial charge in [-0.1, -0.05) is 23.9 Å². The summed E-state index contributed by atoms with van der Waals surface area (Å²) in [5.41, 5.74) is -0.731. The second-order valence-electron chi connectivity index (χ2n) is 5.15. The van der Waals surface area contributed by atoms with Crippen LogP contribution in [0.15, 0.2) is 35.3 Å². The zero-order chi connectivity index (χ0) is 20.2. The quantitative estimate of drug-likeness (QED) is 0.242. The summed E-state index contributed by atoms with van der Waals surface area (Å²) >= 11 is 1.11. The minimum atomic E-state index is -4.89. The highest BCUT2D eigenvalue weighted by Crippen LogP contribution is 2.39. The summed E-state index contributed by atoms with van der Waals surface area (Å²) < 4.78 is 71.2. The largest absolute Gasteiger partial charge is 0.449 e. The van der Waals surface area contributed by atoms with Crippen LogP contribution in [0.3, 0.4) is 0 Å². The van der Waals surface area contributed by atoms with Crippen molar-refractivity contribution in [2.45, 2.75) is 13.1 Å². The maximum atomic E-state index is 14.0. The number of benzene rings is 2. The van der Waals surface area contributed by atoms with Gasteiger partial charge in [-0.05, 0) is 36.9 Å². The molecule has 0 spiro atoms. The molecule has 4 nitrogen and oxygen atoms in total. The van der Waals surface area contributed by atoms with Gasteiger partial charge in [-0.2, -0.15) is 18.4 Å². The van der Waals surface area contributed by atoms with Gasteiger partial charge in [-0.15, -0.1) is 0 Å². The monoisotopic (exact) mass is 401 g/mol. The first kappa shape index (κ1) is 20.5. The predicted octanol–water partition coefficient (Wildman–Crippen LogP) is 5.51. The molecule has 0 atom stereocenters. The highest BCUT2D eigenvalue weighted by Gasteiger charge is 2.33. The molecule has 0 aromatic heterocycles. The Morgan fingerprint density at radius 1 is 1.22 bits per heavy atom. The maximum Gasteiger partial charge on any atom is 0.416 e. The van der Waals surface area contributed by atoms with E-state index in [1.807, 2.05) is 0 Å². The van der Waals surface area contributed by atoms with Crippen molar-refractivity contribution < 1.29 is 26.7 Å². The molecule has 0 heterocycles. The molecule has 0 amide bonds. The predicted molar refractivity (Wildman–Crippen MR) is 92.0 cm³/mol. The van der Waals surface area contributed by atoms with Gasteiger partial charge in [0.2, 0.25) is 0 Å². The zero-order valence-electron chi connectivity index (χ0n) is 14.0. The third-order valence-corrected chi connectivity index (χ3v) is 3.89. The van der Waals surface area contributed by atoms with Gasteiger partial charge in [0.25, 0.3) is 0 Å². The normalized spacial score (nSPS) is 11.9. The van der Waals surface area contributed by atoms with Crippen molar-refractivity contribution in [3.8, 4) is 17.7 Å². The van der Waals surface area contributed by atoms with Crippen LogP contribution < -0.4 is 10.1 Å². The molecule has 0 aliphatic carbocycles. The average Bonchev–Trinajstić information content (AvgIpc) is 2.58. The smallest absolute Gasteiger partial charge is 0.416 e. The Labute approximate surface area is 155 Å². The second-order valence-corrected chi connectivity index (χ2v) is 5.94. The van der Waals surface area contributed by atoms with Gasteiger partial charge in [-0.3, -0.25) is 5.32 Å². The Morgan fingerprint density at radius 2 is 1.85 bits per heavy atom. The molecule has 2 rings (SSSR count). The molecule has 0 fully saturated rings. The van der Waals surface area contributed by atoms with Crippen LogP contribution in [-0.2, 0) is 6.18 Å². The fourth-order valence-electron chi connectivity index (χ4n) is 2.06. The number of aryl methyl sites for hydroxylation is 1. The number of hydrogen-bond donors (Lipinski definition) is 1. The Hall–Kier alpha value is -2.80. The second kappa shape index (κ2) is 8.26. The van der Waals surface area contributed by atoms with Crippen molar-refractivity contribution in [2.24, 2.45) is 4.99 Å². The van der Waals surface area contributed by atoms with Crippen LogP contribution in [0.4, 0.5) is 27.6 Å². The molecule has 0 aliphatic heterocycles. The molecule has 0 unspecified atom stereocenters. The van der Waals surface area contributed by atoms with Gasteiger partial charge in [-0.25, -0.2) is 13.8 Å². The maximum absolute atomic E-state index is 14.0. The van der Waals surface area contributed by atoms with Gasteiger partial charge in [0.1, 0.15) is 5.69 Å². The van der Waals surface area contributed by atoms with Crippen molar-refractivity contribution in [2.75, 3.05) is 6.26 Å². The van der Waals surface area contributed by atoms with Crippen molar-refractivity contribution in [1.29, 1.82) is 5.26 Å². The molecule has 0 aliphatic rings. The lowest BCUT2D eigenvalue weighted by Gasteiger charge is -2.14. The van der Waals surface area contributed by atoms with E-state index in [0.717, 1.165) is 11.8 Å². The van der Waals surface area contributed by atoms with Crippen molar-refractivity contribution in [1.82, 2.24) is 5.32 Å². The van der Waals surface area contributed by atoms with E-state index in [4.69, 9.17) is 10.00 Å². The van der Waals surface area contributed by atoms with E-state index in [-0.39, 0.29) is 28.7 Å².